The molecule has 0 saturated carbocycles. The van der Waals surface area contributed by atoms with Gasteiger partial charge in [0, 0.05) is 29.9 Å². The van der Waals surface area contributed by atoms with Gasteiger partial charge in [0.25, 0.3) is 0 Å². The van der Waals surface area contributed by atoms with E-state index in [1.54, 1.807) is 22.8 Å². The van der Waals surface area contributed by atoms with Crippen LogP contribution in [0.4, 0.5) is 10.2 Å². The maximum Gasteiger partial charge on any atom is 0.161 e. The molecule has 1 aromatic carbocycles. The summed E-state index contributed by atoms with van der Waals surface area (Å²) in [5, 5.41) is 17.5. The predicted molar refractivity (Wildman–Crippen MR) is 115 cm³/mol. The molecule has 6 nitrogen and oxygen atoms in total. The van der Waals surface area contributed by atoms with Crippen LogP contribution >= 0.6 is 0 Å². The van der Waals surface area contributed by atoms with Crippen LogP contribution < -0.4 is 5.32 Å². The monoisotopic (exact) mass is 405 g/mol. The van der Waals surface area contributed by atoms with Crippen LogP contribution in [0.15, 0.2) is 55.0 Å². The Labute approximate surface area is 174 Å². The van der Waals surface area contributed by atoms with Gasteiger partial charge < -0.3 is 10.4 Å². The van der Waals surface area contributed by atoms with E-state index in [1.165, 1.54) is 12.3 Å². The number of pyridine rings is 1. The van der Waals surface area contributed by atoms with Gasteiger partial charge in [0.15, 0.2) is 5.65 Å². The second-order valence-corrected chi connectivity index (χ2v) is 7.78. The molecule has 154 valence electrons. The van der Waals surface area contributed by atoms with Crippen molar-refractivity contribution in [3.8, 4) is 17.0 Å². The SMILES string of the molecule is CC(C)c1cnn2c(NC[C@@H](C)c3ccc(O)cc3)cc(-c3cncc(F)c3)nc12. The minimum Gasteiger partial charge on any atom is -0.508 e. The average molecular weight is 405 g/mol. The summed E-state index contributed by atoms with van der Waals surface area (Å²) in [6.07, 6.45) is 4.62. The van der Waals surface area contributed by atoms with Gasteiger partial charge in [-0.25, -0.2) is 9.37 Å². The van der Waals surface area contributed by atoms with Gasteiger partial charge in [-0.3, -0.25) is 4.98 Å². The lowest BCUT2D eigenvalue weighted by molar-refractivity contribution is 0.475. The fraction of sp³-hybridized carbons (Fsp3) is 0.261. The van der Waals surface area contributed by atoms with Crippen molar-refractivity contribution < 1.29 is 9.50 Å². The molecule has 0 saturated heterocycles. The Morgan fingerprint density at radius 1 is 1.07 bits per heavy atom. The summed E-state index contributed by atoms with van der Waals surface area (Å²) in [6.45, 7) is 6.95. The Morgan fingerprint density at radius 2 is 1.83 bits per heavy atom. The van der Waals surface area contributed by atoms with Crippen molar-refractivity contribution in [1.29, 1.82) is 0 Å². The lowest BCUT2D eigenvalue weighted by atomic mass is 10.0. The quantitative estimate of drug-likeness (QED) is 0.473. The van der Waals surface area contributed by atoms with Crippen molar-refractivity contribution in [3.05, 3.63) is 71.9 Å². The van der Waals surface area contributed by atoms with Crippen LogP contribution in [0.2, 0.25) is 0 Å². The molecule has 0 amide bonds. The minimum atomic E-state index is -0.401. The summed E-state index contributed by atoms with van der Waals surface area (Å²) in [5.74, 6) is 1.08. The third kappa shape index (κ3) is 3.96. The normalized spacial score (nSPS) is 12.4. The number of halogens is 1. The summed E-state index contributed by atoms with van der Waals surface area (Å²) in [5.41, 5.74) is 4.13. The molecule has 3 aromatic heterocycles. The predicted octanol–water partition coefficient (Wildman–Crippen LogP) is 4.98. The highest BCUT2D eigenvalue weighted by molar-refractivity contribution is 5.67. The maximum absolute atomic E-state index is 13.7. The molecule has 0 aliphatic heterocycles. The van der Waals surface area contributed by atoms with Crippen molar-refractivity contribution in [2.45, 2.75) is 32.6 Å². The number of aromatic hydroxyl groups is 1. The lowest BCUT2D eigenvalue weighted by Crippen LogP contribution is -2.13. The lowest BCUT2D eigenvalue weighted by Gasteiger charge is -2.16. The van der Waals surface area contributed by atoms with Crippen LogP contribution in [0.3, 0.4) is 0 Å². The molecule has 0 fully saturated rings. The minimum absolute atomic E-state index is 0.202. The van der Waals surface area contributed by atoms with E-state index in [0.29, 0.717) is 17.8 Å². The Hall–Kier alpha value is -3.48. The van der Waals surface area contributed by atoms with E-state index < -0.39 is 5.82 Å². The van der Waals surface area contributed by atoms with Crippen molar-refractivity contribution in [3.63, 3.8) is 0 Å². The van der Waals surface area contributed by atoms with E-state index in [4.69, 9.17) is 4.98 Å². The van der Waals surface area contributed by atoms with E-state index in [9.17, 15) is 9.50 Å². The van der Waals surface area contributed by atoms with Crippen LogP contribution in [-0.4, -0.2) is 31.2 Å². The largest absolute Gasteiger partial charge is 0.508 e. The number of nitrogens with one attached hydrogen (secondary N) is 1. The Balaban J connectivity index is 1.71. The van der Waals surface area contributed by atoms with E-state index in [2.05, 4.69) is 36.2 Å². The number of hydrogen-bond donors (Lipinski definition) is 2. The number of hydrogen-bond acceptors (Lipinski definition) is 5. The molecule has 0 bridgehead atoms. The number of anilines is 1. The maximum atomic E-state index is 13.7. The molecule has 0 spiro atoms. The van der Waals surface area contributed by atoms with E-state index in [0.717, 1.165) is 22.6 Å². The standard InChI is InChI=1S/C23H24FN5O/c1-14(2)20-13-27-29-22(26-10-15(3)16-4-6-19(30)7-5-16)9-21(28-23(20)29)17-8-18(24)12-25-11-17/h4-9,11-15,26,30H,10H2,1-3H3/t15-/m1/s1. The van der Waals surface area contributed by atoms with Gasteiger partial charge in [-0.1, -0.05) is 32.9 Å². The van der Waals surface area contributed by atoms with Gasteiger partial charge in [-0.05, 0) is 35.6 Å². The summed E-state index contributed by atoms with van der Waals surface area (Å²) in [4.78, 5) is 8.71. The summed E-state index contributed by atoms with van der Waals surface area (Å²) in [7, 11) is 0. The molecule has 0 aliphatic rings. The topological polar surface area (TPSA) is 75.3 Å². The highest BCUT2D eigenvalue weighted by atomic mass is 19.1. The molecular weight excluding hydrogens is 381 g/mol. The fourth-order valence-electron chi connectivity index (χ4n) is 3.39. The summed E-state index contributed by atoms with van der Waals surface area (Å²) >= 11 is 0. The van der Waals surface area contributed by atoms with E-state index in [1.807, 2.05) is 24.4 Å². The number of fused-ring (bicyclic) bond motifs is 1. The molecule has 1 atom stereocenters. The molecule has 3 heterocycles. The van der Waals surface area contributed by atoms with Crippen LogP contribution in [-0.2, 0) is 0 Å². The van der Waals surface area contributed by atoms with Crippen LogP contribution in [0.5, 0.6) is 5.75 Å². The first-order valence-electron chi connectivity index (χ1n) is 9.94. The van der Waals surface area contributed by atoms with Crippen molar-refractivity contribution >= 4 is 11.5 Å². The van der Waals surface area contributed by atoms with Gasteiger partial charge in [0.1, 0.15) is 17.4 Å². The second kappa shape index (κ2) is 8.10. The van der Waals surface area contributed by atoms with Crippen molar-refractivity contribution in [1.82, 2.24) is 19.6 Å². The third-order valence-electron chi connectivity index (χ3n) is 5.17. The van der Waals surface area contributed by atoms with Gasteiger partial charge in [-0.15, -0.1) is 0 Å². The summed E-state index contributed by atoms with van der Waals surface area (Å²) < 4.78 is 15.5. The summed E-state index contributed by atoms with van der Waals surface area (Å²) in [6, 6.07) is 10.5. The van der Waals surface area contributed by atoms with Gasteiger partial charge in [0.05, 0.1) is 18.1 Å². The molecule has 4 rings (SSSR count). The Bertz CT molecular complexity index is 1170. The zero-order valence-corrected chi connectivity index (χ0v) is 17.2. The molecule has 0 radical (unpaired) electrons. The average Bonchev–Trinajstić information content (AvgIpc) is 3.16. The smallest absolute Gasteiger partial charge is 0.161 e. The molecule has 7 heteroatoms. The molecule has 0 aliphatic carbocycles. The molecule has 2 N–H and O–H groups in total. The van der Waals surface area contributed by atoms with Crippen LogP contribution in [0, 0.1) is 5.82 Å². The highest BCUT2D eigenvalue weighted by Crippen LogP contribution is 2.27. The number of benzene rings is 1. The number of nitrogens with zero attached hydrogens (tertiary/aromatic N) is 4. The van der Waals surface area contributed by atoms with E-state index >= 15 is 0 Å². The fourth-order valence-corrected chi connectivity index (χ4v) is 3.39. The van der Waals surface area contributed by atoms with Crippen LogP contribution in [0.1, 0.15) is 43.7 Å². The first kappa shape index (κ1) is 19.8. The van der Waals surface area contributed by atoms with Gasteiger partial charge in [-0.2, -0.15) is 9.61 Å². The first-order valence-corrected chi connectivity index (χ1v) is 9.94. The Kier molecular flexibility index (Phi) is 5.35. The number of phenolic OH excluding ortho intramolecular Hbond substituents is 1. The number of aromatic nitrogens is 4. The highest BCUT2D eigenvalue weighted by Gasteiger charge is 2.16. The zero-order valence-electron chi connectivity index (χ0n) is 17.2. The van der Waals surface area contributed by atoms with Gasteiger partial charge >= 0.3 is 0 Å². The van der Waals surface area contributed by atoms with Crippen molar-refractivity contribution in [2.75, 3.05) is 11.9 Å². The Morgan fingerprint density at radius 3 is 2.53 bits per heavy atom. The number of phenols is 1. The van der Waals surface area contributed by atoms with Crippen molar-refractivity contribution in [2.24, 2.45) is 0 Å². The van der Waals surface area contributed by atoms with E-state index in [-0.39, 0.29) is 17.6 Å². The second-order valence-electron chi connectivity index (χ2n) is 7.78. The molecule has 0 unspecified atom stereocenters. The first-order chi connectivity index (χ1) is 14.4. The zero-order chi connectivity index (χ0) is 21.3. The molecular formula is C23H24FN5O. The molecule has 4 aromatic rings. The van der Waals surface area contributed by atoms with Gasteiger partial charge in [0.2, 0.25) is 0 Å². The molecule has 30 heavy (non-hydrogen) atoms. The van der Waals surface area contributed by atoms with Crippen LogP contribution in [0.25, 0.3) is 16.9 Å². The third-order valence-corrected chi connectivity index (χ3v) is 5.17. The number of rotatable bonds is 6.